The normalized spacial score (nSPS) is 14.7. The van der Waals surface area contributed by atoms with E-state index < -0.39 is 0 Å². The Bertz CT molecular complexity index is 176. The molecule has 1 unspecified atom stereocenters. The van der Waals surface area contributed by atoms with Gasteiger partial charge >= 0.3 is 0 Å². The standard InChI is InChI=1S/C11H24N2OS/c1-4-6-9(5-2)13-11(14)10(12)7-8-15-3/h9-10H,4-8,12H2,1-3H3,(H,13,14)/t9?,10-/m0/s1. The first-order chi connectivity index (χ1) is 7.15. The van der Waals surface area contributed by atoms with Gasteiger partial charge in [-0.15, -0.1) is 0 Å². The van der Waals surface area contributed by atoms with Crippen LogP contribution in [0.2, 0.25) is 0 Å². The van der Waals surface area contributed by atoms with Gasteiger partial charge in [0.25, 0.3) is 0 Å². The van der Waals surface area contributed by atoms with Gasteiger partial charge in [0.1, 0.15) is 0 Å². The second kappa shape index (κ2) is 9.04. The minimum atomic E-state index is -0.344. The van der Waals surface area contributed by atoms with E-state index in [9.17, 15) is 4.79 Å². The summed E-state index contributed by atoms with van der Waals surface area (Å²) >= 11 is 1.72. The maximum Gasteiger partial charge on any atom is 0.237 e. The van der Waals surface area contributed by atoms with Crippen LogP contribution in [0.25, 0.3) is 0 Å². The lowest BCUT2D eigenvalue weighted by Crippen LogP contribution is -2.45. The molecule has 4 heteroatoms. The van der Waals surface area contributed by atoms with Crippen molar-refractivity contribution in [1.29, 1.82) is 0 Å². The van der Waals surface area contributed by atoms with Gasteiger partial charge in [-0.3, -0.25) is 4.79 Å². The molecule has 0 aliphatic heterocycles. The molecule has 0 saturated heterocycles. The molecule has 0 spiro atoms. The SMILES string of the molecule is CCCC(CC)NC(=O)[C@@H](N)CCSC. The lowest BCUT2D eigenvalue weighted by Gasteiger charge is -2.19. The predicted octanol–water partition coefficient (Wildman–Crippen LogP) is 1.76. The third-order valence-electron chi connectivity index (χ3n) is 2.45. The van der Waals surface area contributed by atoms with Crippen molar-refractivity contribution in [2.24, 2.45) is 5.73 Å². The summed E-state index contributed by atoms with van der Waals surface area (Å²) in [6.45, 7) is 4.22. The van der Waals surface area contributed by atoms with E-state index in [0.717, 1.165) is 31.4 Å². The smallest absolute Gasteiger partial charge is 0.237 e. The van der Waals surface area contributed by atoms with Crippen molar-refractivity contribution < 1.29 is 4.79 Å². The number of carbonyl (C=O) groups is 1. The molecular weight excluding hydrogens is 208 g/mol. The Hall–Kier alpha value is -0.220. The van der Waals surface area contributed by atoms with Crippen LogP contribution in [0, 0.1) is 0 Å². The molecule has 2 atom stereocenters. The molecule has 0 saturated carbocycles. The molecule has 1 amide bonds. The lowest BCUT2D eigenvalue weighted by molar-refractivity contribution is -0.123. The number of hydrogen-bond acceptors (Lipinski definition) is 3. The summed E-state index contributed by atoms with van der Waals surface area (Å²) in [6, 6.07) is -0.0498. The zero-order chi connectivity index (χ0) is 11.7. The Morgan fingerprint density at radius 2 is 2.07 bits per heavy atom. The molecule has 0 radical (unpaired) electrons. The van der Waals surface area contributed by atoms with Crippen molar-refractivity contribution in [2.75, 3.05) is 12.0 Å². The van der Waals surface area contributed by atoms with Gasteiger partial charge in [0.2, 0.25) is 5.91 Å². The van der Waals surface area contributed by atoms with E-state index in [4.69, 9.17) is 5.73 Å². The van der Waals surface area contributed by atoms with Gasteiger partial charge in [-0.05, 0) is 31.3 Å². The first-order valence-corrected chi connectivity index (χ1v) is 7.09. The minimum Gasteiger partial charge on any atom is -0.352 e. The van der Waals surface area contributed by atoms with Crippen LogP contribution >= 0.6 is 11.8 Å². The van der Waals surface area contributed by atoms with Crippen molar-refractivity contribution in [1.82, 2.24) is 5.32 Å². The molecule has 0 aliphatic carbocycles. The Kier molecular flexibility index (Phi) is 8.91. The van der Waals surface area contributed by atoms with Crippen molar-refractivity contribution in [3.05, 3.63) is 0 Å². The summed E-state index contributed by atoms with van der Waals surface area (Å²) in [4.78, 5) is 11.6. The van der Waals surface area contributed by atoms with Gasteiger partial charge in [-0.2, -0.15) is 11.8 Å². The molecule has 0 bridgehead atoms. The van der Waals surface area contributed by atoms with E-state index in [-0.39, 0.29) is 11.9 Å². The average molecular weight is 232 g/mol. The topological polar surface area (TPSA) is 55.1 Å². The van der Waals surface area contributed by atoms with Crippen LogP contribution in [0.1, 0.15) is 39.5 Å². The van der Waals surface area contributed by atoms with E-state index in [2.05, 4.69) is 19.2 Å². The Labute approximate surface area is 97.6 Å². The first kappa shape index (κ1) is 14.8. The Morgan fingerprint density at radius 1 is 1.40 bits per heavy atom. The number of hydrogen-bond donors (Lipinski definition) is 2. The Morgan fingerprint density at radius 3 is 2.53 bits per heavy atom. The van der Waals surface area contributed by atoms with Crippen LogP contribution in [-0.2, 0) is 4.79 Å². The van der Waals surface area contributed by atoms with E-state index >= 15 is 0 Å². The largest absolute Gasteiger partial charge is 0.352 e. The van der Waals surface area contributed by atoms with Crippen LogP contribution in [0.3, 0.4) is 0 Å². The van der Waals surface area contributed by atoms with Gasteiger partial charge in [0.15, 0.2) is 0 Å². The average Bonchev–Trinajstić information content (AvgIpc) is 2.24. The van der Waals surface area contributed by atoms with Gasteiger partial charge in [-0.1, -0.05) is 20.3 Å². The van der Waals surface area contributed by atoms with E-state index in [0.29, 0.717) is 6.04 Å². The summed E-state index contributed by atoms with van der Waals surface area (Å²) in [6.07, 6.45) is 5.90. The number of carbonyl (C=O) groups excluding carboxylic acids is 1. The van der Waals surface area contributed by atoms with E-state index in [1.54, 1.807) is 11.8 Å². The predicted molar refractivity (Wildman–Crippen MR) is 68.1 cm³/mol. The molecule has 15 heavy (non-hydrogen) atoms. The van der Waals surface area contributed by atoms with E-state index in [1.807, 2.05) is 6.26 Å². The molecular formula is C11H24N2OS. The van der Waals surface area contributed by atoms with Crippen molar-refractivity contribution >= 4 is 17.7 Å². The third-order valence-corrected chi connectivity index (χ3v) is 3.09. The van der Waals surface area contributed by atoms with Crippen molar-refractivity contribution in [3.8, 4) is 0 Å². The number of nitrogens with two attached hydrogens (primary N) is 1. The summed E-state index contributed by atoms with van der Waals surface area (Å²) in [5.74, 6) is 0.948. The highest BCUT2D eigenvalue weighted by Gasteiger charge is 2.15. The highest BCUT2D eigenvalue weighted by atomic mass is 32.2. The highest BCUT2D eigenvalue weighted by Crippen LogP contribution is 2.03. The van der Waals surface area contributed by atoms with Crippen LogP contribution in [0.15, 0.2) is 0 Å². The fourth-order valence-electron chi connectivity index (χ4n) is 1.41. The third kappa shape index (κ3) is 6.79. The number of thioether (sulfide) groups is 1. The zero-order valence-corrected chi connectivity index (χ0v) is 10.9. The molecule has 3 nitrogen and oxygen atoms in total. The fourth-order valence-corrected chi connectivity index (χ4v) is 1.90. The molecule has 90 valence electrons. The maximum atomic E-state index is 11.6. The van der Waals surface area contributed by atoms with E-state index in [1.165, 1.54) is 0 Å². The summed E-state index contributed by atoms with van der Waals surface area (Å²) < 4.78 is 0. The number of amides is 1. The van der Waals surface area contributed by atoms with Crippen molar-refractivity contribution in [2.45, 2.75) is 51.6 Å². The second-order valence-corrected chi connectivity index (χ2v) is 4.78. The lowest BCUT2D eigenvalue weighted by atomic mass is 10.1. The summed E-state index contributed by atoms with van der Waals surface area (Å²) in [5, 5.41) is 3.00. The van der Waals surface area contributed by atoms with Crippen LogP contribution in [0.5, 0.6) is 0 Å². The quantitative estimate of drug-likeness (QED) is 0.670. The zero-order valence-electron chi connectivity index (χ0n) is 10.1. The Balaban J connectivity index is 3.87. The van der Waals surface area contributed by atoms with Gasteiger partial charge in [-0.25, -0.2) is 0 Å². The molecule has 0 aromatic heterocycles. The fraction of sp³-hybridized carbons (Fsp3) is 0.909. The van der Waals surface area contributed by atoms with Crippen LogP contribution < -0.4 is 11.1 Å². The summed E-state index contributed by atoms with van der Waals surface area (Å²) in [7, 11) is 0. The monoisotopic (exact) mass is 232 g/mol. The number of nitrogens with one attached hydrogen (secondary N) is 1. The van der Waals surface area contributed by atoms with Crippen molar-refractivity contribution in [3.63, 3.8) is 0 Å². The molecule has 0 aliphatic rings. The molecule has 0 rings (SSSR count). The molecule has 0 aromatic carbocycles. The summed E-state index contributed by atoms with van der Waals surface area (Å²) in [5.41, 5.74) is 5.78. The minimum absolute atomic E-state index is 0.00403. The maximum absolute atomic E-state index is 11.6. The van der Waals surface area contributed by atoms with Gasteiger partial charge < -0.3 is 11.1 Å². The molecule has 0 fully saturated rings. The van der Waals surface area contributed by atoms with Crippen LogP contribution in [0.4, 0.5) is 0 Å². The molecule has 0 heterocycles. The first-order valence-electron chi connectivity index (χ1n) is 5.70. The highest BCUT2D eigenvalue weighted by molar-refractivity contribution is 7.98. The van der Waals surface area contributed by atoms with Gasteiger partial charge in [0.05, 0.1) is 6.04 Å². The second-order valence-electron chi connectivity index (χ2n) is 3.79. The molecule has 0 aromatic rings. The van der Waals surface area contributed by atoms with Crippen LogP contribution in [-0.4, -0.2) is 30.0 Å². The number of rotatable bonds is 8. The molecule has 3 N–H and O–H groups in total. The van der Waals surface area contributed by atoms with Gasteiger partial charge in [0, 0.05) is 6.04 Å².